The van der Waals surface area contributed by atoms with E-state index in [1.807, 2.05) is 43.3 Å². The van der Waals surface area contributed by atoms with Gasteiger partial charge in [-0.2, -0.15) is 0 Å². The van der Waals surface area contributed by atoms with E-state index in [1.54, 1.807) is 6.07 Å². The second kappa shape index (κ2) is 8.39. The Bertz CT molecular complexity index is 619. The van der Waals surface area contributed by atoms with Crippen LogP contribution in [0.15, 0.2) is 42.5 Å². The van der Waals surface area contributed by atoms with Crippen molar-refractivity contribution in [1.29, 1.82) is 0 Å². The van der Waals surface area contributed by atoms with Crippen LogP contribution in [0.2, 0.25) is 10.0 Å². The molecule has 0 aliphatic rings. The minimum atomic E-state index is -0.00144. The fraction of sp³-hybridized carbons (Fsp3) is 0.294. The average Bonchev–Trinajstić information content (AvgIpc) is 2.51. The molecular weight excluding hydrogens is 321 g/mol. The van der Waals surface area contributed by atoms with Gasteiger partial charge >= 0.3 is 0 Å². The molecule has 1 atom stereocenters. The van der Waals surface area contributed by atoms with E-state index in [0.717, 1.165) is 16.9 Å². The second-order valence-corrected chi connectivity index (χ2v) is 5.79. The summed E-state index contributed by atoms with van der Waals surface area (Å²) in [6.45, 7) is 2.97. The molecule has 0 aliphatic carbocycles. The van der Waals surface area contributed by atoms with Crippen molar-refractivity contribution in [3.8, 4) is 5.75 Å². The molecule has 0 aliphatic heterocycles. The fourth-order valence-corrected chi connectivity index (χ4v) is 2.74. The number of rotatable bonds is 7. The SMILES string of the molecule is CC(NCc1ccccc1OCCO)c1ccc(Cl)cc1Cl. The van der Waals surface area contributed by atoms with Crippen molar-refractivity contribution in [3.63, 3.8) is 0 Å². The zero-order chi connectivity index (χ0) is 15.9. The molecule has 2 aromatic carbocycles. The molecule has 1 unspecified atom stereocenters. The van der Waals surface area contributed by atoms with Gasteiger partial charge in [0, 0.05) is 28.2 Å². The Hall–Kier alpha value is -1.26. The normalized spacial score (nSPS) is 12.2. The van der Waals surface area contributed by atoms with Crippen molar-refractivity contribution in [3.05, 3.63) is 63.6 Å². The van der Waals surface area contributed by atoms with Gasteiger partial charge in [0.05, 0.1) is 6.61 Å². The Morgan fingerprint density at radius 2 is 1.95 bits per heavy atom. The van der Waals surface area contributed by atoms with Gasteiger partial charge in [0.25, 0.3) is 0 Å². The van der Waals surface area contributed by atoms with Crippen LogP contribution in [-0.2, 0) is 6.54 Å². The van der Waals surface area contributed by atoms with E-state index in [1.165, 1.54) is 0 Å². The number of benzene rings is 2. The molecule has 0 fully saturated rings. The molecule has 3 nitrogen and oxygen atoms in total. The maximum Gasteiger partial charge on any atom is 0.123 e. The number of hydrogen-bond donors (Lipinski definition) is 2. The van der Waals surface area contributed by atoms with Gasteiger partial charge in [-0.05, 0) is 30.7 Å². The molecule has 118 valence electrons. The molecule has 5 heteroatoms. The molecule has 22 heavy (non-hydrogen) atoms. The summed E-state index contributed by atoms with van der Waals surface area (Å²) in [5.74, 6) is 0.776. The van der Waals surface area contributed by atoms with Crippen LogP contribution in [0.4, 0.5) is 0 Å². The topological polar surface area (TPSA) is 41.5 Å². The van der Waals surface area contributed by atoms with Crippen molar-refractivity contribution in [1.82, 2.24) is 5.32 Å². The molecule has 0 spiro atoms. The lowest BCUT2D eigenvalue weighted by atomic mass is 10.1. The molecule has 0 saturated heterocycles. The van der Waals surface area contributed by atoms with Crippen LogP contribution < -0.4 is 10.1 Å². The number of para-hydroxylation sites is 1. The minimum absolute atomic E-state index is 0.00144. The molecule has 0 radical (unpaired) electrons. The lowest BCUT2D eigenvalue weighted by molar-refractivity contribution is 0.200. The van der Waals surface area contributed by atoms with Crippen LogP contribution in [0.25, 0.3) is 0 Å². The predicted molar refractivity (Wildman–Crippen MR) is 90.7 cm³/mol. The number of nitrogens with one attached hydrogen (secondary N) is 1. The summed E-state index contributed by atoms with van der Waals surface area (Å²) in [7, 11) is 0. The predicted octanol–water partition coefficient (Wildman–Crippen LogP) is 4.22. The van der Waals surface area contributed by atoms with Crippen molar-refractivity contribution in [2.45, 2.75) is 19.5 Å². The van der Waals surface area contributed by atoms with Gasteiger partial charge in [-0.25, -0.2) is 0 Å². The molecule has 2 aromatic rings. The third-order valence-corrected chi connectivity index (χ3v) is 3.91. The molecule has 2 N–H and O–H groups in total. The van der Waals surface area contributed by atoms with Crippen molar-refractivity contribution >= 4 is 23.2 Å². The third-order valence-electron chi connectivity index (χ3n) is 3.35. The van der Waals surface area contributed by atoms with Gasteiger partial charge < -0.3 is 15.2 Å². The Labute approximate surface area is 140 Å². The summed E-state index contributed by atoms with van der Waals surface area (Å²) >= 11 is 12.2. The first-order valence-electron chi connectivity index (χ1n) is 7.11. The summed E-state index contributed by atoms with van der Waals surface area (Å²) in [6.07, 6.45) is 0. The number of ether oxygens (including phenoxy) is 1. The molecule has 0 saturated carbocycles. The number of aliphatic hydroxyl groups is 1. The Balaban J connectivity index is 2.03. The van der Waals surface area contributed by atoms with Crippen LogP contribution in [0.5, 0.6) is 5.75 Å². The first-order valence-corrected chi connectivity index (χ1v) is 7.87. The highest BCUT2D eigenvalue weighted by molar-refractivity contribution is 6.35. The van der Waals surface area contributed by atoms with Crippen LogP contribution in [0, 0.1) is 0 Å². The van der Waals surface area contributed by atoms with E-state index in [9.17, 15) is 0 Å². The highest BCUT2D eigenvalue weighted by Gasteiger charge is 2.11. The summed E-state index contributed by atoms with van der Waals surface area (Å²) < 4.78 is 5.53. The summed E-state index contributed by atoms with van der Waals surface area (Å²) in [6, 6.07) is 13.3. The minimum Gasteiger partial charge on any atom is -0.491 e. The number of hydrogen-bond acceptors (Lipinski definition) is 3. The van der Waals surface area contributed by atoms with Gasteiger partial charge in [0.1, 0.15) is 12.4 Å². The highest BCUT2D eigenvalue weighted by atomic mass is 35.5. The van der Waals surface area contributed by atoms with Crippen molar-refractivity contribution in [2.24, 2.45) is 0 Å². The number of halogens is 2. The fourth-order valence-electron chi connectivity index (χ4n) is 2.17. The van der Waals surface area contributed by atoms with Gasteiger partial charge in [-0.3, -0.25) is 0 Å². The standard InChI is InChI=1S/C17H19Cl2NO2/c1-12(15-7-6-14(18)10-16(15)19)20-11-13-4-2-3-5-17(13)22-9-8-21/h2-7,10,12,20-21H,8-9,11H2,1H3. The largest absolute Gasteiger partial charge is 0.491 e. The molecule has 0 amide bonds. The molecule has 0 aromatic heterocycles. The Morgan fingerprint density at radius 1 is 1.18 bits per heavy atom. The van der Waals surface area contributed by atoms with E-state index in [4.69, 9.17) is 33.0 Å². The lowest BCUT2D eigenvalue weighted by Gasteiger charge is -2.17. The summed E-state index contributed by atoms with van der Waals surface area (Å²) in [5, 5.41) is 13.6. The smallest absolute Gasteiger partial charge is 0.123 e. The van der Waals surface area contributed by atoms with Crippen LogP contribution in [0.3, 0.4) is 0 Å². The Kier molecular flexibility index (Phi) is 6.52. The van der Waals surface area contributed by atoms with Crippen molar-refractivity contribution < 1.29 is 9.84 Å². The molecule has 0 heterocycles. The first-order chi connectivity index (χ1) is 10.6. The van der Waals surface area contributed by atoms with Crippen LogP contribution in [-0.4, -0.2) is 18.3 Å². The van der Waals surface area contributed by atoms with E-state index >= 15 is 0 Å². The van der Waals surface area contributed by atoms with Gasteiger partial charge in [-0.15, -0.1) is 0 Å². The quantitative estimate of drug-likeness (QED) is 0.793. The second-order valence-electron chi connectivity index (χ2n) is 4.95. The third kappa shape index (κ3) is 4.62. The van der Waals surface area contributed by atoms with E-state index in [0.29, 0.717) is 16.6 Å². The van der Waals surface area contributed by atoms with Gasteiger partial charge in [0.2, 0.25) is 0 Å². The zero-order valence-electron chi connectivity index (χ0n) is 12.4. The summed E-state index contributed by atoms with van der Waals surface area (Å²) in [4.78, 5) is 0. The maximum atomic E-state index is 8.87. The van der Waals surface area contributed by atoms with E-state index in [-0.39, 0.29) is 19.3 Å². The summed E-state index contributed by atoms with van der Waals surface area (Å²) in [5.41, 5.74) is 2.03. The van der Waals surface area contributed by atoms with Crippen LogP contribution in [0.1, 0.15) is 24.1 Å². The average molecular weight is 340 g/mol. The van der Waals surface area contributed by atoms with Crippen LogP contribution >= 0.6 is 23.2 Å². The van der Waals surface area contributed by atoms with E-state index in [2.05, 4.69) is 5.32 Å². The lowest BCUT2D eigenvalue weighted by Crippen LogP contribution is -2.19. The van der Waals surface area contributed by atoms with Crippen molar-refractivity contribution in [2.75, 3.05) is 13.2 Å². The molecular formula is C17H19Cl2NO2. The Morgan fingerprint density at radius 3 is 2.68 bits per heavy atom. The maximum absolute atomic E-state index is 8.87. The molecule has 0 bridgehead atoms. The van der Waals surface area contributed by atoms with Gasteiger partial charge in [0.15, 0.2) is 0 Å². The van der Waals surface area contributed by atoms with Gasteiger partial charge in [-0.1, -0.05) is 47.5 Å². The highest BCUT2D eigenvalue weighted by Crippen LogP contribution is 2.27. The van der Waals surface area contributed by atoms with E-state index < -0.39 is 0 Å². The number of aliphatic hydroxyl groups excluding tert-OH is 1. The first kappa shape index (κ1) is 17.1. The monoisotopic (exact) mass is 339 g/mol. The molecule has 2 rings (SSSR count). The zero-order valence-corrected chi connectivity index (χ0v) is 13.9.